The summed E-state index contributed by atoms with van der Waals surface area (Å²) in [5.74, 6) is 0.603. The van der Waals surface area contributed by atoms with Gasteiger partial charge in [0.05, 0.1) is 12.1 Å². The van der Waals surface area contributed by atoms with Gasteiger partial charge in [-0.3, -0.25) is 0 Å². The molecule has 2 heteroatoms. The molecule has 2 aliphatic rings. The predicted molar refractivity (Wildman–Crippen MR) is 54.5 cm³/mol. The van der Waals surface area contributed by atoms with E-state index in [0.29, 0.717) is 12.0 Å². The summed E-state index contributed by atoms with van der Waals surface area (Å²) < 4.78 is 0. The minimum atomic E-state index is 0.592. The van der Waals surface area contributed by atoms with E-state index in [9.17, 15) is 0 Å². The largest absolute Gasteiger partial charge is 0.175 e. The van der Waals surface area contributed by atoms with E-state index in [0.717, 1.165) is 0 Å². The van der Waals surface area contributed by atoms with Crippen molar-refractivity contribution in [2.24, 2.45) is 11.0 Å². The van der Waals surface area contributed by atoms with Crippen LogP contribution < -0.4 is 5.01 Å². The normalized spacial score (nSPS) is 38.0. The monoisotopic (exact) mass is 177 g/mol. The van der Waals surface area contributed by atoms with Crippen LogP contribution in [0.2, 0.25) is 0 Å². The number of rotatable bonds is 1. The van der Waals surface area contributed by atoms with E-state index in [1.807, 2.05) is 0 Å². The Kier molecular flexibility index (Phi) is 2.32. The van der Waals surface area contributed by atoms with Crippen LogP contribution in [0.1, 0.15) is 26.7 Å². The lowest BCUT2D eigenvalue weighted by molar-refractivity contribution is -0.885. The van der Waals surface area contributed by atoms with E-state index >= 15 is 0 Å². The van der Waals surface area contributed by atoms with Crippen LogP contribution in [-0.4, -0.2) is 12.3 Å². The van der Waals surface area contributed by atoms with Gasteiger partial charge in [-0.1, -0.05) is 18.1 Å². The van der Waals surface area contributed by atoms with Crippen molar-refractivity contribution in [3.63, 3.8) is 0 Å². The second-order valence-electron chi connectivity index (χ2n) is 3.95. The maximum Gasteiger partial charge on any atom is 0.153 e. The molecule has 0 spiro atoms. The number of nitrogens with zero attached hydrogens (tertiary/aromatic N) is 1. The van der Waals surface area contributed by atoms with Gasteiger partial charge in [0, 0.05) is 0 Å². The standard InChI is InChI=1S/C11H16N2/c1-9-8-12-13(10(9)2)11-6-4-3-5-7-11/h4,6-10H,3,5H2,1-2H3/p+1. The third-order valence-corrected chi connectivity index (χ3v) is 2.96. The molecule has 0 radical (unpaired) electrons. The third kappa shape index (κ3) is 1.59. The minimum absolute atomic E-state index is 0.592. The summed E-state index contributed by atoms with van der Waals surface area (Å²) >= 11 is 0. The lowest BCUT2D eigenvalue weighted by atomic mass is 10.1. The van der Waals surface area contributed by atoms with Crippen LogP contribution in [0, 0.1) is 5.92 Å². The molecule has 0 fully saturated rings. The summed E-state index contributed by atoms with van der Waals surface area (Å²) in [6.45, 7) is 4.49. The molecule has 3 atom stereocenters. The zero-order valence-corrected chi connectivity index (χ0v) is 8.33. The fourth-order valence-electron chi connectivity index (χ4n) is 1.83. The highest BCUT2D eigenvalue weighted by Gasteiger charge is 2.31. The van der Waals surface area contributed by atoms with Gasteiger partial charge < -0.3 is 0 Å². The first-order valence-electron chi connectivity index (χ1n) is 5.07. The molecule has 1 aliphatic carbocycles. The van der Waals surface area contributed by atoms with E-state index < -0.39 is 0 Å². The van der Waals surface area contributed by atoms with Crippen LogP contribution >= 0.6 is 0 Å². The molecule has 70 valence electrons. The summed E-state index contributed by atoms with van der Waals surface area (Å²) in [7, 11) is 0. The van der Waals surface area contributed by atoms with Crippen LogP contribution in [0.15, 0.2) is 29.0 Å². The van der Waals surface area contributed by atoms with Crippen molar-refractivity contribution >= 4 is 6.21 Å². The number of quaternary nitrogens is 1. The lowest BCUT2D eigenvalue weighted by Gasteiger charge is -2.18. The first kappa shape index (κ1) is 8.70. The highest BCUT2D eigenvalue weighted by Crippen LogP contribution is 2.08. The molecular weight excluding hydrogens is 160 g/mol. The Hall–Kier alpha value is -0.890. The Morgan fingerprint density at radius 3 is 2.77 bits per heavy atom. The molecule has 1 heterocycles. The SMILES string of the molecule is CC1C=N[NH+](C2=CCCC=C2)C1C. The Labute approximate surface area is 79.6 Å². The summed E-state index contributed by atoms with van der Waals surface area (Å²) in [5, 5.41) is 5.77. The molecule has 0 saturated heterocycles. The van der Waals surface area contributed by atoms with Gasteiger partial charge in [-0.25, -0.2) is 0 Å². The number of hydrogen-bond acceptors (Lipinski definition) is 1. The molecule has 2 rings (SSSR count). The highest BCUT2D eigenvalue weighted by molar-refractivity contribution is 5.61. The zero-order valence-electron chi connectivity index (χ0n) is 8.33. The minimum Gasteiger partial charge on any atom is -0.175 e. The van der Waals surface area contributed by atoms with Gasteiger partial charge in [0.2, 0.25) is 0 Å². The first-order chi connectivity index (χ1) is 6.29. The molecule has 0 aromatic heterocycles. The molecule has 2 nitrogen and oxygen atoms in total. The van der Waals surface area contributed by atoms with E-state index in [1.165, 1.54) is 23.5 Å². The molecule has 1 N–H and O–H groups in total. The average molecular weight is 177 g/mol. The molecule has 1 aliphatic heterocycles. The van der Waals surface area contributed by atoms with Gasteiger partial charge in [0.25, 0.3) is 0 Å². The smallest absolute Gasteiger partial charge is 0.153 e. The lowest BCUT2D eigenvalue weighted by Crippen LogP contribution is -3.08. The molecule has 0 saturated carbocycles. The fraction of sp³-hybridized carbons (Fsp3) is 0.545. The van der Waals surface area contributed by atoms with E-state index in [4.69, 9.17) is 0 Å². The van der Waals surface area contributed by atoms with E-state index in [1.54, 1.807) is 0 Å². The van der Waals surface area contributed by atoms with Crippen molar-refractivity contribution in [3.8, 4) is 0 Å². The molecule has 0 aromatic carbocycles. The van der Waals surface area contributed by atoms with Gasteiger partial charge >= 0.3 is 0 Å². The van der Waals surface area contributed by atoms with E-state index in [2.05, 4.69) is 43.4 Å². The summed E-state index contributed by atoms with van der Waals surface area (Å²) in [5.41, 5.74) is 1.35. The third-order valence-electron chi connectivity index (χ3n) is 2.96. The summed E-state index contributed by atoms with van der Waals surface area (Å²) in [4.78, 5) is 0. The highest BCUT2D eigenvalue weighted by atomic mass is 15.5. The fourth-order valence-corrected chi connectivity index (χ4v) is 1.83. The second kappa shape index (κ2) is 3.46. The second-order valence-corrected chi connectivity index (χ2v) is 3.95. The van der Waals surface area contributed by atoms with Gasteiger partial charge in [-0.05, 0) is 31.9 Å². The first-order valence-corrected chi connectivity index (χ1v) is 5.07. The number of hydrogen-bond donors (Lipinski definition) is 1. The maximum atomic E-state index is 4.49. The molecule has 0 aromatic rings. The van der Waals surface area contributed by atoms with E-state index in [-0.39, 0.29) is 0 Å². The average Bonchev–Trinajstić information content (AvgIpc) is 2.49. The summed E-state index contributed by atoms with van der Waals surface area (Å²) in [6, 6.07) is 0.592. The van der Waals surface area contributed by atoms with Crippen LogP contribution in [0.4, 0.5) is 0 Å². The summed E-state index contributed by atoms with van der Waals surface area (Å²) in [6.07, 6.45) is 11.2. The Balaban J connectivity index is 2.14. The van der Waals surface area contributed by atoms with Crippen molar-refractivity contribution in [2.75, 3.05) is 0 Å². The molecule has 0 bridgehead atoms. The van der Waals surface area contributed by atoms with Gasteiger partial charge in [-0.2, -0.15) is 5.01 Å². The van der Waals surface area contributed by atoms with Crippen molar-refractivity contribution in [1.29, 1.82) is 0 Å². The van der Waals surface area contributed by atoms with Gasteiger partial charge in [0.15, 0.2) is 5.70 Å². The zero-order chi connectivity index (χ0) is 9.26. The number of allylic oxidation sites excluding steroid dienone is 3. The number of nitrogens with one attached hydrogen (secondary N) is 1. The maximum absolute atomic E-state index is 4.49. The van der Waals surface area contributed by atoms with Gasteiger partial charge in [-0.15, -0.1) is 0 Å². The van der Waals surface area contributed by atoms with Crippen LogP contribution in [0.3, 0.4) is 0 Å². The van der Waals surface area contributed by atoms with Crippen LogP contribution in [0.5, 0.6) is 0 Å². The van der Waals surface area contributed by atoms with Crippen LogP contribution in [0.25, 0.3) is 0 Å². The Morgan fingerprint density at radius 2 is 2.23 bits per heavy atom. The molecule has 13 heavy (non-hydrogen) atoms. The van der Waals surface area contributed by atoms with Crippen molar-refractivity contribution in [3.05, 3.63) is 23.9 Å². The van der Waals surface area contributed by atoms with Crippen LogP contribution in [-0.2, 0) is 0 Å². The Bertz CT molecular complexity index is 276. The quantitative estimate of drug-likeness (QED) is 0.618. The Morgan fingerprint density at radius 1 is 1.38 bits per heavy atom. The van der Waals surface area contributed by atoms with Gasteiger partial charge in [0.1, 0.15) is 6.04 Å². The molecule has 3 unspecified atom stereocenters. The van der Waals surface area contributed by atoms with Crippen molar-refractivity contribution in [2.45, 2.75) is 32.7 Å². The molecular formula is C11H17N2+. The predicted octanol–water partition coefficient (Wildman–Crippen LogP) is 1.13. The van der Waals surface area contributed by atoms with Crippen molar-refractivity contribution in [1.82, 2.24) is 0 Å². The topological polar surface area (TPSA) is 16.8 Å². The van der Waals surface area contributed by atoms with Crippen molar-refractivity contribution < 1.29 is 5.01 Å². The molecule has 0 amide bonds.